The first-order chi connectivity index (χ1) is 8.19. The molecule has 1 aromatic rings. The van der Waals surface area contributed by atoms with Crippen molar-refractivity contribution in [1.29, 1.82) is 0 Å². The second kappa shape index (κ2) is 5.62. The molecule has 0 bridgehead atoms. The van der Waals surface area contributed by atoms with Crippen LogP contribution in [0.3, 0.4) is 0 Å². The second-order valence-corrected chi connectivity index (χ2v) is 6.10. The van der Waals surface area contributed by atoms with Crippen LogP contribution in [0.1, 0.15) is 31.2 Å². The third-order valence-electron chi connectivity index (χ3n) is 3.77. The van der Waals surface area contributed by atoms with Gasteiger partial charge in [0.05, 0.1) is 7.11 Å². The molecular weight excluding hydrogens is 300 g/mol. The number of hydrogen-bond donors (Lipinski definition) is 0. The Bertz CT molecular complexity index is 386. The molecule has 1 fully saturated rings. The lowest BCUT2D eigenvalue weighted by atomic mass is 9.82. The fraction of sp³-hybridized carbons (Fsp3) is 0.571. The lowest BCUT2D eigenvalue weighted by molar-refractivity contribution is 0.339. The van der Waals surface area contributed by atoms with Gasteiger partial charge in [-0.15, -0.1) is 11.6 Å². The average Bonchev–Trinajstić information content (AvgIpc) is 2.81. The summed E-state index contributed by atoms with van der Waals surface area (Å²) < 4.78 is 6.45. The van der Waals surface area contributed by atoms with Crippen LogP contribution in [0.2, 0.25) is 0 Å². The van der Waals surface area contributed by atoms with Gasteiger partial charge in [0.2, 0.25) is 0 Å². The van der Waals surface area contributed by atoms with Crippen LogP contribution in [0.25, 0.3) is 0 Å². The summed E-state index contributed by atoms with van der Waals surface area (Å²) in [6, 6.07) is 6.16. The van der Waals surface area contributed by atoms with Crippen molar-refractivity contribution in [3.63, 3.8) is 0 Å². The summed E-state index contributed by atoms with van der Waals surface area (Å²) in [6.45, 7) is 0. The fourth-order valence-electron chi connectivity index (χ4n) is 2.70. The van der Waals surface area contributed by atoms with Crippen LogP contribution >= 0.6 is 27.5 Å². The molecule has 0 spiro atoms. The van der Waals surface area contributed by atoms with Crippen molar-refractivity contribution in [1.82, 2.24) is 0 Å². The number of ether oxygens (including phenoxy) is 1. The Balaban J connectivity index is 2.22. The number of alkyl halides is 1. The molecule has 0 aromatic heterocycles. The average molecular weight is 318 g/mol. The van der Waals surface area contributed by atoms with Gasteiger partial charge in [0.25, 0.3) is 0 Å². The van der Waals surface area contributed by atoms with Gasteiger partial charge in [-0.1, -0.05) is 28.8 Å². The van der Waals surface area contributed by atoms with Crippen molar-refractivity contribution >= 4 is 27.5 Å². The highest BCUT2D eigenvalue weighted by Gasteiger charge is 2.33. The van der Waals surface area contributed by atoms with Crippen molar-refractivity contribution in [3.05, 3.63) is 28.2 Å². The van der Waals surface area contributed by atoms with Crippen molar-refractivity contribution in [3.8, 4) is 5.75 Å². The van der Waals surface area contributed by atoms with Crippen LogP contribution in [0.4, 0.5) is 0 Å². The Morgan fingerprint density at radius 1 is 1.35 bits per heavy atom. The van der Waals surface area contributed by atoms with E-state index >= 15 is 0 Å². The quantitative estimate of drug-likeness (QED) is 0.725. The summed E-state index contributed by atoms with van der Waals surface area (Å²) in [5, 5.41) is 0. The Morgan fingerprint density at radius 3 is 2.65 bits per heavy atom. The van der Waals surface area contributed by atoms with Crippen LogP contribution < -0.4 is 4.74 Å². The van der Waals surface area contributed by atoms with Gasteiger partial charge in [-0.05, 0) is 48.4 Å². The van der Waals surface area contributed by atoms with E-state index in [1.54, 1.807) is 7.11 Å². The third-order valence-corrected chi connectivity index (χ3v) is 5.11. The first kappa shape index (κ1) is 13.2. The molecular formula is C14H18BrClO. The van der Waals surface area contributed by atoms with Gasteiger partial charge in [-0.3, -0.25) is 0 Å². The molecule has 1 saturated carbocycles. The first-order valence-corrected chi connectivity index (χ1v) is 7.40. The van der Waals surface area contributed by atoms with Crippen LogP contribution in [0, 0.1) is 5.41 Å². The minimum absolute atomic E-state index is 0.302. The van der Waals surface area contributed by atoms with E-state index < -0.39 is 0 Å². The minimum atomic E-state index is 0.302. The van der Waals surface area contributed by atoms with Gasteiger partial charge < -0.3 is 4.74 Å². The van der Waals surface area contributed by atoms with E-state index in [0.717, 1.165) is 22.5 Å². The maximum Gasteiger partial charge on any atom is 0.119 e. The van der Waals surface area contributed by atoms with E-state index in [9.17, 15) is 0 Å². The standard InChI is InChI=1S/C14H18BrClO/c1-17-12-4-5-13(15)11(8-12)9-14(10-16)6-2-3-7-14/h4-5,8H,2-3,6-7,9-10H2,1H3. The van der Waals surface area contributed by atoms with E-state index in [1.807, 2.05) is 6.07 Å². The van der Waals surface area contributed by atoms with E-state index in [1.165, 1.54) is 31.2 Å². The summed E-state index contributed by atoms with van der Waals surface area (Å²) in [6.07, 6.45) is 6.18. The molecule has 1 aromatic carbocycles. The first-order valence-electron chi connectivity index (χ1n) is 6.07. The van der Waals surface area contributed by atoms with Crippen LogP contribution in [-0.2, 0) is 6.42 Å². The molecule has 94 valence electrons. The Labute approximate surface area is 117 Å². The van der Waals surface area contributed by atoms with Gasteiger partial charge in [0, 0.05) is 10.4 Å². The monoisotopic (exact) mass is 316 g/mol. The van der Waals surface area contributed by atoms with Crippen LogP contribution in [0.5, 0.6) is 5.75 Å². The highest BCUT2D eigenvalue weighted by Crippen LogP contribution is 2.43. The molecule has 1 aliphatic rings. The van der Waals surface area contributed by atoms with Crippen molar-refractivity contribution in [2.75, 3.05) is 13.0 Å². The van der Waals surface area contributed by atoms with Crippen LogP contribution in [-0.4, -0.2) is 13.0 Å². The van der Waals surface area contributed by atoms with Gasteiger partial charge in [0.15, 0.2) is 0 Å². The van der Waals surface area contributed by atoms with Gasteiger partial charge >= 0.3 is 0 Å². The normalized spacial score (nSPS) is 18.3. The zero-order chi connectivity index (χ0) is 12.3. The van der Waals surface area contributed by atoms with Gasteiger partial charge in [-0.2, -0.15) is 0 Å². The Hall–Kier alpha value is -0.210. The zero-order valence-electron chi connectivity index (χ0n) is 10.1. The number of benzene rings is 1. The molecule has 0 saturated heterocycles. The molecule has 1 nitrogen and oxygen atoms in total. The number of halogens is 2. The highest BCUT2D eigenvalue weighted by atomic mass is 79.9. The number of methoxy groups -OCH3 is 1. The lowest BCUT2D eigenvalue weighted by Gasteiger charge is -2.27. The van der Waals surface area contributed by atoms with E-state index in [2.05, 4.69) is 28.1 Å². The van der Waals surface area contributed by atoms with Gasteiger partial charge in [0.1, 0.15) is 5.75 Å². The number of hydrogen-bond acceptors (Lipinski definition) is 1. The SMILES string of the molecule is COc1ccc(Br)c(CC2(CCl)CCCC2)c1. The molecule has 3 heteroatoms. The van der Waals surface area contributed by atoms with E-state index in [-0.39, 0.29) is 0 Å². The third kappa shape index (κ3) is 2.97. The van der Waals surface area contributed by atoms with Gasteiger partial charge in [-0.25, -0.2) is 0 Å². The molecule has 0 aliphatic heterocycles. The molecule has 0 amide bonds. The molecule has 1 aliphatic carbocycles. The lowest BCUT2D eigenvalue weighted by Crippen LogP contribution is -2.21. The summed E-state index contributed by atoms with van der Waals surface area (Å²) in [7, 11) is 1.71. The maximum absolute atomic E-state index is 6.19. The summed E-state index contributed by atoms with van der Waals surface area (Å²) >= 11 is 9.82. The maximum atomic E-state index is 6.19. The molecule has 0 heterocycles. The smallest absolute Gasteiger partial charge is 0.119 e. The van der Waals surface area contributed by atoms with Crippen molar-refractivity contribution < 1.29 is 4.74 Å². The Kier molecular flexibility index (Phi) is 4.37. The predicted molar refractivity (Wildman–Crippen MR) is 76.0 cm³/mol. The minimum Gasteiger partial charge on any atom is -0.497 e. The molecule has 0 unspecified atom stereocenters. The topological polar surface area (TPSA) is 9.23 Å². The zero-order valence-corrected chi connectivity index (χ0v) is 12.5. The Morgan fingerprint density at radius 2 is 2.06 bits per heavy atom. The highest BCUT2D eigenvalue weighted by molar-refractivity contribution is 9.10. The molecule has 0 atom stereocenters. The summed E-state index contributed by atoms with van der Waals surface area (Å²) in [5.74, 6) is 1.68. The molecule has 0 radical (unpaired) electrons. The van der Waals surface area contributed by atoms with E-state index in [4.69, 9.17) is 16.3 Å². The second-order valence-electron chi connectivity index (χ2n) is 4.97. The fourth-order valence-corrected chi connectivity index (χ4v) is 3.45. The summed E-state index contributed by atoms with van der Waals surface area (Å²) in [4.78, 5) is 0. The summed E-state index contributed by atoms with van der Waals surface area (Å²) in [5.41, 5.74) is 1.61. The largest absolute Gasteiger partial charge is 0.497 e. The van der Waals surface area contributed by atoms with Crippen molar-refractivity contribution in [2.24, 2.45) is 5.41 Å². The van der Waals surface area contributed by atoms with Crippen molar-refractivity contribution in [2.45, 2.75) is 32.1 Å². The molecule has 2 rings (SSSR count). The molecule has 17 heavy (non-hydrogen) atoms. The molecule has 0 N–H and O–H groups in total. The van der Waals surface area contributed by atoms with E-state index in [0.29, 0.717) is 5.41 Å². The predicted octanol–water partition coefficient (Wildman–Crippen LogP) is 4.80. The number of rotatable bonds is 4. The van der Waals surface area contributed by atoms with Crippen LogP contribution in [0.15, 0.2) is 22.7 Å².